The number of allylic oxidation sites excluding steroid dienone is 1. The molecule has 3 N–H and O–H groups in total. The number of carbonyl (C=O) groups is 2. The number of benzene rings is 2. The molecule has 5 heteroatoms. The zero-order chi connectivity index (χ0) is 22.4. The first-order valence-electron chi connectivity index (χ1n) is 10.4. The van der Waals surface area contributed by atoms with Gasteiger partial charge >= 0.3 is 0 Å². The molecule has 2 aromatic carbocycles. The minimum atomic E-state index is -0.588. The fraction of sp³-hybridized carbons (Fsp3) is 0.231. The topological polar surface area (TPSA) is 81.4 Å². The summed E-state index contributed by atoms with van der Waals surface area (Å²) >= 11 is 0. The molecule has 1 aliphatic rings. The first-order chi connectivity index (χ1) is 15.0. The second-order valence-corrected chi connectivity index (χ2v) is 7.44. The molecule has 3 rings (SSSR count). The average Bonchev–Trinajstić information content (AvgIpc) is 3.18. The van der Waals surface area contributed by atoms with E-state index in [1.807, 2.05) is 62.4 Å². The SMILES string of the molecule is C=CC1OC(c2ccc(NC(=O)C(CC)c3ccccc3)cc2C(N)=O)=CC1/C=C\C. The number of nitrogens with one attached hydrogen (secondary N) is 1. The number of amides is 2. The maximum absolute atomic E-state index is 12.9. The lowest BCUT2D eigenvalue weighted by atomic mass is 9.95. The van der Waals surface area contributed by atoms with Crippen molar-refractivity contribution in [2.45, 2.75) is 32.3 Å². The van der Waals surface area contributed by atoms with Crippen LogP contribution in [0.5, 0.6) is 0 Å². The molecule has 0 aliphatic carbocycles. The third-order valence-electron chi connectivity index (χ3n) is 5.38. The van der Waals surface area contributed by atoms with E-state index in [0.29, 0.717) is 29.0 Å². The number of hydrogen-bond donors (Lipinski definition) is 2. The molecule has 160 valence electrons. The molecule has 1 heterocycles. The van der Waals surface area contributed by atoms with Crippen LogP contribution in [0.25, 0.3) is 5.76 Å². The van der Waals surface area contributed by atoms with E-state index in [0.717, 1.165) is 5.56 Å². The fourth-order valence-corrected chi connectivity index (χ4v) is 3.81. The van der Waals surface area contributed by atoms with Crippen molar-refractivity contribution in [3.63, 3.8) is 0 Å². The van der Waals surface area contributed by atoms with E-state index in [1.54, 1.807) is 24.3 Å². The Morgan fingerprint density at radius 3 is 2.58 bits per heavy atom. The van der Waals surface area contributed by atoms with Crippen LogP contribution in [-0.2, 0) is 9.53 Å². The molecule has 1 aliphatic heterocycles. The smallest absolute Gasteiger partial charge is 0.249 e. The maximum Gasteiger partial charge on any atom is 0.249 e. The van der Waals surface area contributed by atoms with Crippen molar-refractivity contribution in [1.29, 1.82) is 0 Å². The van der Waals surface area contributed by atoms with Crippen LogP contribution in [0.3, 0.4) is 0 Å². The lowest BCUT2D eigenvalue weighted by Crippen LogP contribution is -2.21. The zero-order valence-corrected chi connectivity index (χ0v) is 17.9. The molecular formula is C26H28N2O3. The van der Waals surface area contributed by atoms with Crippen LogP contribution in [0, 0.1) is 5.92 Å². The van der Waals surface area contributed by atoms with Crippen molar-refractivity contribution in [3.8, 4) is 0 Å². The van der Waals surface area contributed by atoms with Gasteiger partial charge in [0.15, 0.2) is 0 Å². The maximum atomic E-state index is 12.9. The number of nitrogens with two attached hydrogens (primary N) is 1. The van der Waals surface area contributed by atoms with Gasteiger partial charge in [-0.05, 0) is 43.2 Å². The normalized spacial score (nSPS) is 18.8. The molecule has 31 heavy (non-hydrogen) atoms. The van der Waals surface area contributed by atoms with E-state index in [9.17, 15) is 9.59 Å². The highest BCUT2D eigenvalue weighted by Crippen LogP contribution is 2.34. The number of rotatable bonds is 8. The molecule has 0 spiro atoms. The van der Waals surface area contributed by atoms with Gasteiger partial charge in [0.25, 0.3) is 0 Å². The Balaban J connectivity index is 1.87. The molecule has 0 saturated heterocycles. The first kappa shape index (κ1) is 22.1. The molecule has 3 unspecified atom stereocenters. The van der Waals surface area contributed by atoms with E-state index in [2.05, 4.69) is 11.9 Å². The zero-order valence-electron chi connectivity index (χ0n) is 17.9. The quantitative estimate of drug-likeness (QED) is 0.592. The van der Waals surface area contributed by atoms with Crippen molar-refractivity contribution in [3.05, 3.63) is 96.1 Å². The fourth-order valence-electron chi connectivity index (χ4n) is 3.81. The number of hydrogen-bond acceptors (Lipinski definition) is 3. The molecular weight excluding hydrogens is 388 g/mol. The van der Waals surface area contributed by atoms with Gasteiger partial charge in [-0.3, -0.25) is 9.59 Å². The van der Waals surface area contributed by atoms with E-state index >= 15 is 0 Å². The number of ether oxygens (including phenoxy) is 1. The third-order valence-corrected chi connectivity index (χ3v) is 5.38. The van der Waals surface area contributed by atoms with Gasteiger partial charge in [0.2, 0.25) is 11.8 Å². The Morgan fingerprint density at radius 1 is 1.23 bits per heavy atom. The van der Waals surface area contributed by atoms with Crippen molar-refractivity contribution < 1.29 is 14.3 Å². The Bertz CT molecular complexity index is 1020. The highest BCUT2D eigenvalue weighted by atomic mass is 16.5. The summed E-state index contributed by atoms with van der Waals surface area (Å²) in [6, 6.07) is 14.7. The van der Waals surface area contributed by atoms with Gasteiger partial charge in [0.05, 0.1) is 11.5 Å². The molecule has 0 aromatic heterocycles. The molecule has 0 bridgehead atoms. The van der Waals surface area contributed by atoms with E-state index in [4.69, 9.17) is 10.5 Å². The van der Waals surface area contributed by atoms with Gasteiger partial charge in [0, 0.05) is 17.2 Å². The summed E-state index contributed by atoms with van der Waals surface area (Å²) < 4.78 is 5.98. The molecule has 0 fully saturated rings. The predicted octanol–water partition coefficient (Wildman–Crippen LogP) is 5.04. The van der Waals surface area contributed by atoms with E-state index in [-0.39, 0.29) is 23.8 Å². The molecule has 0 saturated carbocycles. The van der Waals surface area contributed by atoms with Gasteiger partial charge in [-0.25, -0.2) is 0 Å². The Hall–Kier alpha value is -3.60. The standard InChI is InChI=1S/C26H28N2O3/c1-4-10-18-15-24(31-23(18)6-3)21-14-13-19(16-22(21)25(27)29)28-26(30)20(5-2)17-11-8-7-9-12-17/h4,6-16,18,20,23H,3,5H2,1-2H3,(H2,27,29)(H,28,30)/b10-4-. The average molecular weight is 417 g/mol. The Labute approximate surface area is 183 Å². The van der Waals surface area contributed by atoms with Crippen molar-refractivity contribution in [2.24, 2.45) is 11.7 Å². The van der Waals surface area contributed by atoms with Crippen LogP contribution in [-0.4, -0.2) is 17.9 Å². The minimum absolute atomic E-state index is 0.0359. The van der Waals surface area contributed by atoms with Crippen LogP contribution in [0.2, 0.25) is 0 Å². The number of carbonyl (C=O) groups excluding carboxylic acids is 2. The van der Waals surface area contributed by atoms with Crippen LogP contribution in [0.15, 0.2) is 79.4 Å². The lowest BCUT2D eigenvalue weighted by Gasteiger charge is -2.17. The summed E-state index contributed by atoms with van der Waals surface area (Å²) in [6.07, 6.45) is 8.12. The van der Waals surface area contributed by atoms with Crippen LogP contribution in [0.4, 0.5) is 5.69 Å². The van der Waals surface area contributed by atoms with Gasteiger partial charge in [-0.15, -0.1) is 0 Å². The van der Waals surface area contributed by atoms with Crippen LogP contribution < -0.4 is 11.1 Å². The van der Waals surface area contributed by atoms with Gasteiger partial charge < -0.3 is 15.8 Å². The third kappa shape index (κ3) is 4.94. The van der Waals surface area contributed by atoms with Gasteiger partial charge in [0.1, 0.15) is 11.9 Å². The highest BCUT2D eigenvalue weighted by molar-refractivity contribution is 6.01. The van der Waals surface area contributed by atoms with Crippen molar-refractivity contribution in [1.82, 2.24) is 0 Å². The van der Waals surface area contributed by atoms with E-state index in [1.165, 1.54) is 0 Å². The van der Waals surface area contributed by atoms with Crippen LogP contribution in [0.1, 0.15) is 47.7 Å². The van der Waals surface area contributed by atoms with Gasteiger partial charge in [-0.1, -0.05) is 62.1 Å². The van der Waals surface area contributed by atoms with Crippen molar-refractivity contribution in [2.75, 3.05) is 5.32 Å². The van der Waals surface area contributed by atoms with Crippen molar-refractivity contribution >= 4 is 23.3 Å². The number of anilines is 1. The molecule has 0 radical (unpaired) electrons. The first-order valence-corrected chi connectivity index (χ1v) is 10.4. The monoisotopic (exact) mass is 416 g/mol. The second kappa shape index (κ2) is 9.94. The Kier molecular flexibility index (Phi) is 7.08. The number of primary amides is 1. The summed E-state index contributed by atoms with van der Waals surface area (Å²) in [7, 11) is 0. The van der Waals surface area contributed by atoms with Crippen LogP contribution >= 0.6 is 0 Å². The molecule has 2 aromatic rings. The molecule has 2 amide bonds. The van der Waals surface area contributed by atoms with Gasteiger partial charge in [-0.2, -0.15) is 0 Å². The summed E-state index contributed by atoms with van der Waals surface area (Å²) in [6.45, 7) is 7.74. The second-order valence-electron chi connectivity index (χ2n) is 7.44. The van der Waals surface area contributed by atoms with E-state index < -0.39 is 5.91 Å². The molecule has 5 nitrogen and oxygen atoms in total. The summed E-state index contributed by atoms with van der Waals surface area (Å²) in [5.74, 6) is -0.388. The lowest BCUT2D eigenvalue weighted by molar-refractivity contribution is -0.117. The highest BCUT2D eigenvalue weighted by Gasteiger charge is 2.28. The predicted molar refractivity (Wildman–Crippen MR) is 124 cm³/mol. The summed E-state index contributed by atoms with van der Waals surface area (Å²) in [5.41, 5.74) is 8.00. The summed E-state index contributed by atoms with van der Waals surface area (Å²) in [5, 5.41) is 2.92. The largest absolute Gasteiger partial charge is 0.485 e. The Morgan fingerprint density at radius 2 is 1.97 bits per heavy atom. The summed E-state index contributed by atoms with van der Waals surface area (Å²) in [4.78, 5) is 25.1. The minimum Gasteiger partial charge on any atom is -0.485 e. The molecule has 3 atom stereocenters.